The van der Waals surface area contributed by atoms with E-state index in [1.54, 1.807) is 10.8 Å². The highest BCUT2D eigenvalue weighted by molar-refractivity contribution is 6.30. The van der Waals surface area contributed by atoms with Crippen molar-refractivity contribution in [2.75, 3.05) is 0 Å². The number of nitrogens with one attached hydrogen (secondary N) is 1. The topological polar surface area (TPSA) is 71.9 Å². The lowest BCUT2D eigenvalue weighted by Gasteiger charge is -2.14. The van der Waals surface area contributed by atoms with E-state index in [1.807, 2.05) is 0 Å². The van der Waals surface area contributed by atoms with Gasteiger partial charge in [-0.1, -0.05) is 23.3 Å². The van der Waals surface area contributed by atoms with E-state index >= 15 is 0 Å². The molecule has 4 nitrogen and oxygen atoms in total. The summed E-state index contributed by atoms with van der Waals surface area (Å²) in [4.78, 5) is 11.3. The molecule has 1 aliphatic carbocycles. The highest BCUT2D eigenvalue weighted by Crippen LogP contribution is 2.20. The number of nitrogens with zero attached hydrogens (tertiary/aromatic N) is 1. The summed E-state index contributed by atoms with van der Waals surface area (Å²) in [6.45, 7) is 0.658. The van der Waals surface area contributed by atoms with Crippen molar-refractivity contribution in [2.45, 2.75) is 38.6 Å². The molecule has 1 amide bonds. The molecule has 0 fully saturated rings. The quantitative estimate of drug-likeness (QED) is 0.817. The maximum Gasteiger partial charge on any atom is 0.252 e. The Labute approximate surface area is 117 Å². The van der Waals surface area contributed by atoms with Crippen LogP contribution in [0.3, 0.4) is 0 Å². The smallest absolute Gasteiger partial charge is 0.252 e. The molecule has 1 aromatic heterocycles. The molecular formula is C14H18ClN3O. The van der Waals surface area contributed by atoms with Crippen molar-refractivity contribution in [1.29, 1.82) is 5.41 Å². The molecule has 2 rings (SSSR count). The van der Waals surface area contributed by atoms with E-state index in [9.17, 15) is 4.79 Å². The fraction of sp³-hybridized carbons (Fsp3) is 0.429. The van der Waals surface area contributed by atoms with E-state index in [-0.39, 0.29) is 11.1 Å². The number of aromatic nitrogens is 1. The number of carbonyl (C=O) groups excluding carboxylic acids is 1. The maximum atomic E-state index is 11.3. The Morgan fingerprint density at radius 1 is 1.47 bits per heavy atom. The third-order valence-electron chi connectivity index (χ3n) is 3.43. The number of halogens is 1. The number of aryl methyl sites for hydroxylation is 1. The van der Waals surface area contributed by atoms with Gasteiger partial charge < -0.3 is 10.3 Å². The average Bonchev–Trinajstić information content (AvgIpc) is 2.40. The van der Waals surface area contributed by atoms with Gasteiger partial charge in [-0.25, -0.2) is 0 Å². The van der Waals surface area contributed by atoms with Crippen LogP contribution in [-0.2, 0) is 6.54 Å². The zero-order chi connectivity index (χ0) is 13.8. The number of nitrogens with two attached hydrogens (primary N) is 1. The Morgan fingerprint density at radius 2 is 2.26 bits per heavy atom. The van der Waals surface area contributed by atoms with Gasteiger partial charge in [0.25, 0.3) is 5.91 Å². The SMILES string of the molecule is N=c1c(C(N)=O)cc(Cl)cn1CCC1=CCCCC1. The molecule has 0 bridgehead atoms. The number of allylic oxidation sites excluding steroid dienone is 2. The predicted octanol–water partition coefficient (Wildman–Crippen LogP) is 2.61. The molecule has 0 spiro atoms. The summed E-state index contributed by atoms with van der Waals surface area (Å²) < 4.78 is 1.69. The van der Waals surface area contributed by atoms with Crippen molar-refractivity contribution in [3.05, 3.63) is 40.0 Å². The molecule has 0 saturated heterocycles. The Bertz CT molecular complexity index is 575. The fourth-order valence-electron chi connectivity index (χ4n) is 2.37. The van der Waals surface area contributed by atoms with Crippen molar-refractivity contribution in [1.82, 2.24) is 4.57 Å². The zero-order valence-electron chi connectivity index (χ0n) is 10.8. The fourth-order valence-corrected chi connectivity index (χ4v) is 2.60. The number of hydrogen-bond acceptors (Lipinski definition) is 2. The van der Waals surface area contributed by atoms with Crippen molar-refractivity contribution >= 4 is 17.5 Å². The third-order valence-corrected chi connectivity index (χ3v) is 3.63. The summed E-state index contributed by atoms with van der Waals surface area (Å²) in [5, 5.41) is 8.41. The zero-order valence-corrected chi connectivity index (χ0v) is 11.5. The van der Waals surface area contributed by atoms with Gasteiger partial charge in [0, 0.05) is 12.7 Å². The van der Waals surface area contributed by atoms with Gasteiger partial charge in [-0.3, -0.25) is 10.2 Å². The van der Waals surface area contributed by atoms with Crippen LogP contribution in [0.5, 0.6) is 0 Å². The number of carbonyl (C=O) groups is 1. The second-order valence-corrected chi connectivity index (χ2v) is 5.27. The molecule has 102 valence electrons. The van der Waals surface area contributed by atoms with Gasteiger partial charge in [-0.15, -0.1) is 0 Å². The Morgan fingerprint density at radius 3 is 2.89 bits per heavy atom. The Kier molecular flexibility index (Phi) is 4.43. The molecular weight excluding hydrogens is 262 g/mol. The molecule has 5 heteroatoms. The standard InChI is InChI=1S/C14H18ClN3O/c15-11-8-12(14(17)19)13(16)18(9-11)7-6-10-4-2-1-3-5-10/h4,8-9,16H,1-3,5-7H2,(H2,17,19). The predicted molar refractivity (Wildman–Crippen MR) is 75.0 cm³/mol. The second kappa shape index (κ2) is 6.06. The molecule has 1 aromatic rings. The first-order valence-corrected chi connectivity index (χ1v) is 6.88. The molecule has 0 unspecified atom stereocenters. The number of pyridine rings is 1. The second-order valence-electron chi connectivity index (χ2n) is 4.84. The van der Waals surface area contributed by atoms with Crippen LogP contribution in [0.25, 0.3) is 0 Å². The molecule has 1 aliphatic rings. The summed E-state index contributed by atoms with van der Waals surface area (Å²) in [6, 6.07) is 1.45. The van der Waals surface area contributed by atoms with Crippen molar-refractivity contribution in [3.63, 3.8) is 0 Å². The Hall–Kier alpha value is -1.55. The average molecular weight is 280 g/mol. The van der Waals surface area contributed by atoms with Crippen LogP contribution in [0.15, 0.2) is 23.9 Å². The lowest BCUT2D eigenvalue weighted by atomic mass is 9.97. The van der Waals surface area contributed by atoms with Crippen molar-refractivity contribution < 1.29 is 4.79 Å². The molecule has 3 N–H and O–H groups in total. The number of amides is 1. The first kappa shape index (κ1) is 13.9. The largest absolute Gasteiger partial charge is 0.365 e. The van der Waals surface area contributed by atoms with Gasteiger partial charge in [0.05, 0.1) is 10.6 Å². The normalized spacial score (nSPS) is 15.1. The lowest BCUT2D eigenvalue weighted by molar-refractivity contribution is 0.0997. The molecule has 0 radical (unpaired) electrons. The minimum atomic E-state index is -0.613. The van der Waals surface area contributed by atoms with Crippen LogP contribution in [0, 0.1) is 5.41 Å². The van der Waals surface area contributed by atoms with Crippen LogP contribution in [-0.4, -0.2) is 10.5 Å². The summed E-state index contributed by atoms with van der Waals surface area (Å²) in [6.07, 6.45) is 9.66. The maximum absolute atomic E-state index is 11.3. The van der Waals surface area contributed by atoms with Crippen LogP contribution >= 0.6 is 11.6 Å². The van der Waals surface area contributed by atoms with E-state index in [4.69, 9.17) is 22.7 Å². The van der Waals surface area contributed by atoms with Crippen LogP contribution in [0.2, 0.25) is 5.02 Å². The Balaban J connectivity index is 2.18. The van der Waals surface area contributed by atoms with Crippen LogP contribution < -0.4 is 11.2 Å². The van der Waals surface area contributed by atoms with Gasteiger partial charge >= 0.3 is 0 Å². The lowest BCUT2D eigenvalue weighted by Crippen LogP contribution is -2.29. The molecule has 0 atom stereocenters. The van der Waals surface area contributed by atoms with Crippen molar-refractivity contribution in [3.8, 4) is 0 Å². The van der Waals surface area contributed by atoms with E-state index in [1.165, 1.54) is 24.5 Å². The van der Waals surface area contributed by atoms with Crippen LogP contribution in [0.4, 0.5) is 0 Å². The number of hydrogen-bond donors (Lipinski definition) is 2. The molecule has 19 heavy (non-hydrogen) atoms. The van der Waals surface area contributed by atoms with Gasteiger partial charge in [0.2, 0.25) is 0 Å². The first-order valence-electron chi connectivity index (χ1n) is 6.50. The highest BCUT2D eigenvalue weighted by atomic mass is 35.5. The minimum absolute atomic E-state index is 0.133. The van der Waals surface area contributed by atoms with Gasteiger partial charge in [-0.2, -0.15) is 0 Å². The minimum Gasteiger partial charge on any atom is -0.365 e. The summed E-state index contributed by atoms with van der Waals surface area (Å²) in [5.41, 5.74) is 6.98. The van der Waals surface area contributed by atoms with E-state index in [2.05, 4.69) is 6.08 Å². The summed E-state index contributed by atoms with van der Waals surface area (Å²) >= 11 is 5.96. The van der Waals surface area contributed by atoms with Gasteiger partial charge in [0.1, 0.15) is 5.49 Å². The third kappa shape index (κ3) is 3.47. The number of rotatable bonds is 4. The van der Waals surface area contributed by atoms with Gasteiger partial charge in [-0.05, 0) is 38.2 Å². The first-order chi connectivity index (χ1) is 9.08. The van der Waals surface area contributed by atoms with Gasteiger partial charge in [0.15, 0.2) is 0 Å². The van der Waals surface area contributed by atoms with Crippen molar-refractivity contribution in [2.24, 2.45) is 5.73 Å². The molecule has 0 aromatic carbocycles. The number of primary amides is 1. The molecule has 1 heterocycles. The summed E-state index contributed by atoms with van der Waals surface area (Å²) in [7, 11) is 0. The van der Waals surface area contributed by atoms with E-state index < -0.39 is 5.91 Å². The highest BCUT2D eigenvalue weighted by Gasteiger charge is 2.09. The van der Waals surface area contributed by atoms with E-state index in [0.717, 1.165) is 19.3 Å². The monoisotopic (exact) mass is 279 g/mol. The molecule has 0 aliphatic heterocycles. The summed E-state index contributed by atoms with van der Waals surface area (Å²) in [5.74, 6) is -0.613. The van der Waals surface area contributed by atoms with Crippen LogP contribution in [0.1, 0.15) is 42.5 Å². The molecule has 0 saturated carbocycles. The van der Waals surface area contributed by atoms with E-state index in [0.29, 0.717) is 11.6 Å².